The summed E-state index contributed by atoms with van der Waals surface area (Å²) < 4.78 is 91.8. The summed E-state index contributed by atoms with van der Waals surface area (Å²) in [6.07, 6.45) is -9.58. The molecule has 0 aliphatic carbocycles. The molecule has 0 aliphatic heterocycles. The Bertz CT molecular complexity index is 917. The molecule has 0 bridgehead atoms. The van der Waals surface area contributed by atoms with Gasteiger partial charge in [0.15, 0.2) is 17.7 Å². The number of aryl methyl sites for hydroxylation is 1. The number of alkyl halides is 6. The summed E-state index contributed by atoms with van der Waals surface area (Å²) in [4.78, 5) is 11.4. The molecule has 14 heteroatoms. The first kappa shape index (κ1) is 22.8. The summed E-state index contributed by atoms with van der Waals surface area (Å²) in [5, 5.41) is 3.06. The average Bonchev–Trinajstić information content (AvgIpc) is 2.59. The Labute approximate surface area is 167 Å². The predicted molar refractivity (Wildman–Crippen MR) is 92.1 cm³/mol. The first-order chi connectivity index (χ1) is 13.3. The van der Waals surface area contributed by atoms with Gasteiger partial charge in [0.1, 0.15) is 0 Å². The van der Waals surface area contributed by atoms with Crippen LogP contribution in [0.1, 0.15) is 12.6 Å². The molecule has 0 spiro atoms. The van der Waals surface area contributed by atoms with E-state index in [1.165, 1.54) is 6.92 Å². The summed E-state index contributed by atoms with van der Waals surface area (Å²) in [7, 11) is 0. The van der Waals surface area contributed by atoms with Crippen molar-refractivity contribution in [3.8, 4) is 17.1 Å². The van der Waals surface area contributed by atoms with E-state index < -0.39 is 34.8 Å². The van der Waals surface area contributed by atoms with Crippen LogP contribution in [-0.2, 0) is 0 Å². The Kier molecular flexibility index (Phi) is 6.65. The summed E-state index contributed by atoms with van der Waals surface area (Å²) in [6, 6.07) is 0.855. The predicted octanol–water partition coefficient (Wildman–Crippen LogP) is 5.00. The van der Waals surface area contributed by atoms with E-state index in [4.69, 9.17) is 0 Å². The molecule has 0 saturated heterocycles. The van der Waals surface area contributed by atoms with Gasteiger partial charge in [-0.05, 0) is 35.8 Å². The van der Waals surface area contributed by atoms with E-state index in [1.807, 2.05) is 0 Å². The van der Waals surface area contributed by atoms with E-state index in [0.29, 0.717) is 6.92 Å². The number of aromatic nitrogens is 3. The number of pyridine rings is 1. The standard InChI is InChI=1S/C15H11BrF7N5O/c1-6-11(24-5-10(26-6)27-28-13(16)15(21,22)23)8-3-9(17)12(25-4-8)29-7(2)14(18,19)20/h3-5,7H,1-2H3,(H,26,27)/t7-/m0/s1. The van der Waals surface area contributed by atoms with Crippen molar-refractivity contribution < 1.29 is 35.5 Å². The van der Waals surface area contributed by atoms with E-state index >= 15 is 0 Å². The Morgan fingerprint density at radius 2 is 1.83 bits per heavy atom. The minimum absolute atomic E-state index is 0.0750. The molecule has 0 aliphatic rings. The van der Waals surface area contributed by atoms with Gasteiger partial charge in [-0.25, -0.2) is 14.4 Å². The molecule has 0 amide bonds. The number of nitrogens with zero attached hydrogens (tertiary/aromatic N) is 4. The number of hydrogen-bond donors (Lipinski definition) is 1. The number of rotatable bonds is 5. The normalized spacial score (nSPS) is 13.9. The van der Waals surface area contributed by atoms with E-state index in [0.717, 1.165) is 18.5 Å². The number of anilines is 1. The Balaban J connectivity index is 2.22. The summed E-state index contributed by atoms with van der Waals surface area (Å²) in [6.45, 7) is 2.14. The largest absolute Gasteiger partial charge is 0.463 e. The van der Waals surface area contributed by atoms with Crippen molar-refractivity contribution in [3.63, 3.8) is 0 Å². The second-order valence-corrected chi connectivity index (χ2v) is 6.27. The molecule has 158 valence electrons. The van der Waals surface area contributed by atoms with Gasteiger partial charge < -0.3 is 4.74 Å². The van der Waals surface area contributed by atoms with Crippen molar-refractivity contribution in [2.24, 2.45) is 5.10 Å². The van der Waals surface area contributed by atoms with E-state index in [2.05, 4.69) is 46.1 Å². The zero-order chi connectivity index (χ0) is 22.0. The molecular formula is C15H11BrF7N5O. The SMILES string of the molecule is Cc1nc(NN=C(Br)C(F)(F)F)cnc1-c1cnc(O[C@@H](C)C(F)(F)F)c(F)c1. The molecule has 0 radical (unpaired) electrons. The molecule has 0 saturated carbocycles. The minimum Gasteiger partial charge on any atom is -0.463 e. The van der Waals surface area contributed by atoms with Crippen LogP contribution in [0.25, 0.3) is 11.3 Å². The van der Waals surface area contributed by atoms with Gasteiger partial charge in [-0.3, -0.25) is 10.4 Å². The van der Waals surface area contributed by atoms with Crippen molar-refractivity contribution >= 4 is 26.4 Å². The molecule has 0 aromatic carbocycles. The summed E-state index contributed by atoms with van der Waals surface area (Å²) >= 11 is 2.25. The van der Waals surface area contributed by atoms with E-state index in [-0.39, 0.29) is 22.8 Å². The maximum atomic E-state index is 14.1. The van der Waals surface area contributed by atoms with Gasteiger partial charge in [0.25, 0.3) is 5.88 Å². The highest BCUT2D eigenvalue weighted by molar-refractivity contribution is 9.18. The van der Waals surface area contributed by atoms with Crippen molar-refractivity contribution in [3.05, 3.63) is 30.0 Å². The van der Waals surface area contributed by atoms with Crippen LogP contribution in [0.5, 0.6) is 5.88 Å². The molecule has 2 heterocycles. The fraction of sp³-hybridized carbons (Fsp3) is 0.333. The van der Waals surface area contributed by atoms with E-state index in [9.17, 15) is 30.7 Å². The molecule has 1 atom stereocenters. The van der Waals surface area contributed by atoms with Crippen LogP contribution in [0.3, 0.4) is 0 Å². The lowest BCUT2D eigenvalue weighted by atomic mass is 10.1. The Hall–Kier alpha value is -2.51. The monoisotopic (exact) mass is 489 g/mol. The highest BCUT2D eigenvalue weighted by Crippen LogP contribution is 2.28. The van der Waals surface area contributed by atoms with Crippen LogP contribution < -0.4 is 10.2 Å². The molecule has 2 rings (SSSR count). The quantitative estimate of drug-likeness (QED) is 0.363. The molecule has 2 aromatic rings. The Morgan fingerprint density at radius 3 is 2.34 bits per heavy atom. The van der Waals surface area contributed by atoms with Crippen molar-refractivity contribution in [1.82, 2.24) is 15.0 Å². The highest BCUT2D eigenvalue weighted by atomic mass is 79.9. The molecule has 1 N–H and O–H groups in total. The lowest BCUT2D eigenvalue weighted by Gasteiger charge is -2.17. The molecule has 0 fully saturated rings. The van der Waals surface area contributed by atoms with Gasteiger partial charge >= 0.3 is 12.4 Å². The highest BCUT2D eigenvalue weighted by Gasteiger charge is 2.39. The van der Waals surface area contributed by atoms with Gasteiger partial charge in [-0.1, -0.05) is 0 Å². The van der Waals surface area contributed by atoms with Crippen molar-refractivity contribution in [1.29, 1.82) is 0 Å². The van der Waals surface area contributed by atoms with Crippen LogP contribution in [0.2, 0.25) is 0 Å². The second kappa shape index (κ2) is 8.47. The maximum Gasteiger partial charge on any atom is 0.441 e. The average molecular weight is 490 g/mol. The molecule has 29 heavy (non-hydrogen) atoms. The number of ether oxygens (including phenoxy) is 1. The third kappa shape index (κ3) is 5.98. The number of hydrazone groups is 1. The molecule has 2 aromatic heterocycles. The molecule has 6 nitrogen and oxygen atoms in total. The fourth-order valence-corrected chi connectivity index (χ4v) is 1.95. The molecule has 0 unspecified atom stereocenters. The third-order valence-corrected chi connectivity index (χ3v) is 3.91. The number of nitrogens with one attached hydrogen (secondary N) is 1. The molecular weight excluding hydrogens is 479 g/mol. The van der Waals surface area contributed by atoms with Crippen molar-refractivity contribution in [2.45, 2.75) is 32.3 Å². The lowest BCUT2D eigenvalue weighted by molar-refractivity contribution is -0.190. The second-order valence-electron chi connectivity index (χ2n) is 5.51. The van der Waals surface area contributed by atoms with Crippen LogP contribution in [0, 0.1) is 12.7 Å². The van der Waals surface area contributed by atoms with Gasteiger partial charge in [0, 0.05) is 11.8 Å². The topological polar surface area (TPSA) is 72.3 Å². The van der Waals surface area contributed by atoms with Crippen LogP contribution in [0.15, 0.2) is 23.6 Å². The fourth-order valence-electron chi connectivity index (χ4n) is 1.86. The van der Waals surface area contributed by atoms with Crippen LogP contribution in [-0.4, -0.2) is 38.0 Å². The zero-order valence-electron chi connectivity index (χ0n) is 14.5. The van der Waals surface area contributed by atoms with Gasteiger partial charge in [-0.2, -0.15) is 31.4 Å². The van der Waals surface area contributed by atoms with Gasteiger partial charge in [0.2, 0.25) is 4.62 Å². The van der Waals surface area contributed by atoms with Gasteiger partial charge in [0.05, 0.1) is 17.6 Å². The lowest BCUT2D eigenvalue weighted by Crippen LogP contribution is -2.31. The van der Waals surface area contributed by atoms with E-state index in [1.54, 1.807) is 0 Å². The first-order valence-electron chi connectivity index (χ1n) is 7.58. The van der Waals surface area contributed by atoms with Crippen LogP contribution >= 0.6 is 15.9 Å². The third-order valence-electron chi connectivity index (χ3n) is 3.28. The summed E-state index contributed by atoms with van der Waals surface area (Å²) in [5.74, 6) is -2.12. The van der Waals surface area contributed by atoms with Crippen molar-refractivity contribution in [2.75, 3.05) is 5.43 Å². The van der Waals surface area contributed by atoms with Gasteiger partial charge in [-0.15, -0.1) is 0 Å². The number of hydrogen-bond acceptors (Lipinski definition) is 6. The first-order valence-corrected chi connectivity index (χ1v) is 8.37. The summed E-state index contributed by atoms with van der Waals surface area (Å²) in [5.41, 5.74) is 2.41. The number of halogens is 8. The smallest absolute Gasteiger partial charge is 0.441 e. The zero-order valence-corrected chi connectivity index (χ0v) is 16.1. The Morgan fingerprint density at radius 1 is 1.17 bits per heavy atom. The maximum absolute atomic E-state index is 14.1. The minimum atomic E-state index is -4.69. The van der Waals surface area contributed by atoms with Crippen LogP contribution in [0.4, 0.5) is 36.6 Å².